The molecule has 1 aromatic heterocycles. The van der Waals surface area contributed by atoms with Gasteiger partial charge in [0, 0.05) is 18.7 Å². The molecule has 100 valence electrons. The lowest BCUT2D eigenvalue weighted by Crippen LogP contribution is -2.24. The Labute approximate surface area is 112 Å². The van der Waals surface area contributed by atoms with Gasteiger partial charge in [0.15, 0.2) is 0 Å². The fourth-order valence-electron chi connectivity index (χ4n) is 1.68. The van der Waals surface area contributed by atoms with Crippen molar-refractivity contribution >= 4 is 11.6 Å². The summed E-state index contributed by atoms with van der Waals surface area (Å²) < 4.78 is 5.14. The number of carbonyl (C=O) groups excluding carboxylic acids is 1. The molecule has 0 radical (unpaired) electrons. The number of anilines is 1. The van der Waals surface area contributed by atoms with Gasteiger partial charge in [0.25, 0.3) is 0 Å². The quantitative estimate of drug-likeness (QED) is 0.837. The van der Waals surface area contributed by atoms with Crippen molar-refractivity contribution in [3.8, 4) is 0 Å². The maximum Gasteiger partial charge on any atom is 0.222 e. The number of hydrogen-bond donors (Lipinski definition) is 2. The molecule has 0 saturated heterocycles. The Morgan fingerprint density at radius 3 is 2.68 bits per heavy atom. The molecule has 2 aromatic rings. The third-order valence-corrected chi connectivity index (χ3v) is 2.77. The maximum absolute atomic E-state index is 11.6. The highest BCUT2D eigenvalue weighted by molar-refractivity contribution is 5.76. The van der Waals surface area contributed by atoms with Crippen molar-refractivity contribution in [2.24, 2.45) is 0 Å². The van der Waals surface area contributed by atoms with E-state index in [0.29, 0.717) is 19.5 Å². The molecule has 1 amide bonds. The van der Waals surface area contributed by atoms with E-state index in [0.717, 1.165) is 11.4 Å². The van der Waals surface area contributed by atoms with E-state index in [1.54, 1.807) is 12.3 Å². The summed E-state index contributed by atoms with van der Waals surface area (Å²) in [4.78, 5) is 11.6. The van der Waals surface area contributed by atoms with Crippen LogP contribution in [-0.4, -0.2) is 12.5 Å². The van der Waals surface area contributed by atoms with Gasteiger partial charge in [0.2, 0.25) is 5.91 Å². The molecule has 2 rings (SSSR count). The second kappa shape index (κ2) is 6.64. The SMILES string of the molecule is Cc1ccc(NCCC(=O)NCc2ccco2)cc1. The highest BCUT2D eigenvalue weighted by Gasteiger charge is 2.02. The normalized spacial score (nSPS) is 10.2. The molecular weight excluding hydrogens is 240 g/mol. The van der Waals surface area contributed by atoms with Crippen molar-refractivity contribution in [3.05, 3.63) is 54.0 Å². The Hall–Kier alpha value is -2.23. The van der Waals surface area contributed by atoms with Crippen LogP contribution in [0.2, 0.25) is 0 Å². The van der Waals surface area contributed by atoms with Crippen LogP contribution >= 0.6 is 0 Å². The predicted molar refractivity (Wildman–Crippen MR) is 74.8 cm³/mol. The predicted octanol–water partition coefficient (Wildman–Crippen LogP) is 2.71. The first-order valence-electron chi connectivity index (χ1n) is 6.33. The minimum Gasteiger partial charge on any atom is -0.467 e. The molecule has 19 heavy (non-hydrogen) atoms. The molecule has 2 N–H and O–H groups in total. The number of furan rings is 1. The summed E-state index contributed by atoms with van der Waals surface area (Å²) in [7, 11) is 0. The van der Waals surface area contributed by atoms with Gasteiger partial charge < -0.3 is 15.1 Å². The molecule has 4 heteroatoms. The topological polar surface area (TPSA) is 54.3 Å². The third kappa shape index (κ3) is 4.50. The molecule has 0 unspecified atom stereocenters. The Morgan fingerprint density at radius 1 is 1.21 bits per heavy atom. The van der Waals surface area contributed by atoms with E-state index in [1.807, 2.05) is 37.3 Å². The van der Waals surface area contributed by atoms with Gasteiger partial charge in [-0.15, -0.1) is 0 Å². The van der Waals surface area contributed by atoms with Crippen LogP contribution in [0.25, 0.3) is 0 Å². The monoisotopic (exact) mass is 258 g/mol. The summed E-state index contributed by atoms with van der Waals surface area (Å²) >= 11 is 0. The van der Waals surface area contributed by atoms with E-state index in [9.17, 15) is 4.79 Å². The van der Waals surface area contributed by atoms with Gasteiger partial charge in [-0.2, -0.15) is 0 Å². The Bertz CT molecular complexity index is 503. The van der Waals surface area contributed by atoms with Crippen molar-refractivity contribution < 1.29 is 9.21 Å². The molecule has 0 aliphatic rings. The number of rotatable bonds is 6. The summed E-state index contributed by atoms with van der Waals surface area (Å²) in [6.45, 7) is 3.11. The lowest BCUT2D eigenvalue weighted by Gasteiger charge is -2.07. The van der Waals surface area contributed by atoms with E-state index < -0.39 is 0 Å². The lowest BCUT2D eigenvalue weighted by atomic mass is 10.2. The van der Waals surface area contributed by atoms with Crippen LogP contribution in [-0.2, 0) is 11.3 Å². The van der Waals surface area contributed by atoms with Crippen LogP contribution < -0.4 is 10.6 Å². The van der Waals surface area contributed by atoms with Crippen LogP contribution in [0.3, 0.4) is 0 Å². The maximum atomic E-state index is 11.6. The first kappa shape index (κ1) is 13.2. The largest absolute Gasteiger partial charge is 0.467 e. The average Bonchev–Trinajstić information content (AvgIpc) is 2.92. The Balaban J connectivity index is 1.65. The fraction of sp³-hybridized carbons (Fsp3) is 0.267. The van der Waals surface area contributed by atoms with Crippen LogP contribution in [0.5, 0.6) is 0 Å². The van der Waals surface area contributed by atoms with Gasteiger partial charge in [-0.05, 0) is 31.2 Å². The van der Waals surface area contributed by atoms with Crippen molar-refractivity contribution in [1.29, 1.82) is 0 Å². The van der Waals surface area contributed by atoms with Crippen molar-refractivity contribution in [2.45, 2.75) is 19.9 Å². The van der Waals surface area contributed by atoms with Crippen LogP contribution in [0, 0.1) is 6.92 Å². The number of hydrogen-bond acceptors (Lipinski definition) is 3. The smallest absolute Gasteiger partial charge is 0.222 e. The van der Waals surface area contributed by atoms with E-state index in [1.165, 1.54) is 5.56 Å². The second-order valence-corrected chi connectivity index (χ2v) is 4.40. The molecule has 0 spiro atoms. The number of aryl methyl sites for hydroxylation is 1. The van der Waals surface area contributed by atoms with Gasteiger partial charge in [0.05, 0.1) is 12.8 Å². The summed E-state index contributed by atoms with van der Waals surface area (Å²) in [6.07, 6.45) is 2.04. The summed E-state index contributed by atoms with van der Waals surface area (Å²) in [5.41, 5.74) is 2.26. The summed E-state index contributed by atoms with van der Waals surface area (Å²) in [6, 6.07) is 11.7. The van der Waals surface area contributed by atoms with Crippen molar-refractivity contribution in [1.82, 2.24) is 5.32 Å². The Kier molecular flexibility index (Phi) is 4.61. The van der Waals surface area contributed by atoms with Gasteiger partial charge >= 0.3 is 0 Å². The molecule has 0 bridgehead atoms. The minimum absolute atomic E-state index is 0.0102. The molecule has 1 aromatic carbocycles. The molecule has 0 aliphatic carbocycles. The molecule has 0 aliphatic heterocycles. The van der Waals surface area contributed by atoms with Gasteiger partial charge in [0.1, 0.15) is 5.76 Å². The van der Waals surface area contributed by atoms with E-state index in [-0.39, 0.29) is 5.91 Å². The van der Waals surface area contributed by atoms with E-state index in [2.05, 4.69) is 10.6 Å². The zero-order valence-electron chi connectivity index (χ0n) is 11.0. The number of nitrogens with one attached hydrogen (secondary N) is 2. The lowest BCUT2D eigenvalue weighted by molar-refractivity contribution is -0.121. The highest BCUT2D eigenvalue weighted by atomic mass is 16.3. The van der Waals surface area contributed by atoms with Crippen LogP contribution in [0.1, 0.15) is 17.7 Å². The average molecular weight is 258 g/mol. The van der Waals surface area contributed by atoms with Crippen molar-refractivity contribution in [2.75, 3.05) is 11.9 Å². The van der Waals surface area contributed by atoms with Gasteiger partial charge in [-0.1, -0.05) is 17.7 Å². The highest BCUT2D eigenvalue weighted by Crippen LogP contribution is 2.08. The first-order valence-corrected chi connectivity index (χ1v) is 6.33. The van der Waals surface area contributed by atoms with E-state index >= 15 is 0 Å². The van der Waals surface area contributed by atoms with Gasteiger partial charge in [-0.25, -0.2) is 0 Å². The zero-order chi connectivity index (χ0) is 13.5. The second-order valence-electron chi connectivity index (χ2n) is 4.40. The molecule has 1 heterocycles. The van der Waals surface area contributed by atoms with Crippen LogP contribution in [0.4, 0.5) is 5.69 Å². The summed E-state index contributed by atoms with van der Waals surface area (Å²) in [5, 5.41) is 6.02. The van der Waals surface area contributed by atoms with Crippen LogP contribution in [0.15, 0.2) is 47.1 Å². The van der Waals surface area contributed by atoms with Crippen molar-refractivity contribution in [3.63, 3.8) is 0 Å². The minimum atomic E-state index is 0.0102. The standard InChI is InChI=1S/C15H18N2O2/c1-12-4-6-13(7-5-12)16-9-8-15(18)17-11-14-3-2-10-19-14/h2-7,10,16H,8-9,11H2,1H3,(H,17,18). The zero-order valence-corrected chi connectivity index (χ0v) is 11.0. The van der Waals surface area contributed by atoms with Gasteiger partial charge in [-0.3, -0.25) is 4.79 Å². The molecular formula is C15H18N2O2. The molecule has 4 nitrogen and oxygen atoms in total. The summed E-state index contributed by atoms with van der Waals surface area (Å²) in [5.74, 6) is 0.774. The third-order valence-electron chi connectivity index (χ3n) is 2.77. The fourth-order valence-corrected chi connectivity index (χ4v) is 1.68. The Morgan fingerprint density at radius 2 is 2.00 bits per heavy atom. The molecule has 0 fully saturated rings. The number of benzene rings is 1. The first-order chi connectivity index (χ1) is 9.24. The number of carbonyl (C=O) groups is 1. The van der Waals surface area contributed by atoms with E-state index in [4.69, 9.17) is 4.42 Å². The molecule has 0 saturated carbocycles. The molecule has 0 atom stereocenters. The number of amides is 1.